The lowest BCUT2D eigenvalue weighted by molar-refractivity contribution is -0.131. The monoisotopic (exact) mass is 634 g/mol. The lowest BCUT2D eigenvalue weighted by Gasteiger charge is -2.10. The molecule has 16 heteroatoms. The number of ether oxygens (including phenoxy) is 4. The molecule has 0 saturated heterocycles. The van der Waals surface area contributed by atoms with Crippen LogP contribution in [-0.4, -0.2) is 73.8 Å². The van der Waals surface area contributed by atoms with E-state index in [0.29, 0.717) is 39.7 Å². The molecule has 4 aromatic rings. The Morgan fingerprint density at radius 2 is 1.37 bits per heavy atom. The van der Waals surface area contributed by atoms with Crippen LogP contribution in [-0.2, 0) is 13.9 Å². The van der Waals surface area contributed by atoms with Crippen molar-refractivity contribution in [3.8, 4) is 62.7 Å². The van der Waals surface area contributed by atoms with E-state index in [4.69, 9.17) is 43.5 Å². The maximum absolute atomic E-state index is 11.8. The van der Waals surface area contributed by atoms with Gasteiger partial charge in [0.15, 0.2) is 11.5 Å². The number of imidazole rings is 1. The quantitative estimate of drug-likeness (QED) is 0.0744. The van der Waals surface area contributed by atoms with Crippen molar-refractivity contribution in [3.05, 3.63) is 60.7 Å². The number of aromatic nitrogens is 2. The Labute approximate surface area is 245 Å². The normalized spacial score (nSPS) is 11.7. The molecule has 0 amide bonds. The highest BCUT2D eigenvalue weighted by Gasteiger charge is 2.22. The summed E-state index contributed by atoms with van der Waals surface area (Å²) < 4.78 is 43.2. The van der Waals surface area contributed by atoms with E-state index in [1.807, 2.05) is 0 Å². The zero-order valence-corrected chi connectivity index (χ0v) is 24.6. The number of carbonyl (C=O) groups is 1. The topological polar surface area (TPSA) is 218 Å². The first-order valence-corrected chi connectivity index (χ1v) is 16.0. The molecule has 1 heterocycles. The largest absolute Gasteiger partial charge is 0.502 e. The third-order valence-electron chi connectivity index (χ3n) is 5.95. The Morgan fingerprint density at radius 1 is 0.814 bits per heavy atom. The molecule has 0 atom stereocenters. The Kier molecular flexibility index (Phi) is 9.61. The molecule has 1 aromatic heterocycles. The van der Waals surface area contributed by atoms with Crippen LogP contribution >= 0.6 is 15.2 Å². The van der Waals surface area contributed by atoms with Gasteiger partial charge < -0.3 is 48.6 Å². The molecule has 0 aliphatic carbocycles. The Balaban J connectivity index is 1.71. The first-order valence-electron chi connectivity index (χ1n) is 12.4. The molecule has 0 bridgehead atoms. The van der Waals surface area contributed by atoms with Crippen LogP contribution < -0.4 is 18.9 Å². The number of carbonyl (C=O) groups excluding carboxylic acids is 1. The van der Waals surface area contributed by atoms with Gasteiger partial charge in [0, 0.05) is 16.7 Å². The van der Waals surface area contributed by atoms with Crippen molar-refractivity contribution < 1.29 is 57.6 Å². The SMILES string of the molecule is COc1cc(-c2nc(-c3ccc(OC(=O)CP(=O)(O)O)cc3)c(-c3ccc(OCCP(=O)(O)O)cc3)[nH]2)cc(OC)c1O. The number of nitrogens with zero attached hydrogens (tertiary/aromatic N) is 1. The van der Waals surface area contributed by atoms with E-state index in [1.165, 1.54) is 26.4 Å². The van der Waals surface area contributed by atoms with Gasteiger partial charge in [-0.3, -0.25) is 13.9 Å². The molecule has 14 nitrogen and oxygen atoms in total. The second kappa shape index (κ2) is 13.0. The minimum atomic E-state index is -4.58. The summed E-state index contributed by atoms with van der Waals surface area (Å²) >= 11 is 0. The van der Waals surface area contributed by atoms with Gasteiger partial charge in [-0.25, -0.2) is 4.98 Å². The molecule has 0 saturated carbocycles. The summed E-state index contributed by atoms with van der Waals surface area (Å²) in [7, 11) is -5.98. The van der Waals surface area contributed by atoms with Crippen LogP contribution in [0.1, 0.15) is 0 Å². The molecule has 0 aliphatic heterocycles. The van der Waals surface area contributed by atoms with Crippen LogP contribution in [0.3, 0.4) is 0 Å². The van der Waals surface area contributed by atoms with Gasteiger partial charge in [-0.1, -0.05) is 0 Å². The number of phenols is 1. The number of phenolic OH excluding ortho intramolecular Hbond substituents is 1. The Bertz CT molecular complexity index is 1670. The van der Waals surface area contributed by atoms with E-state index in [0.717, 1.165) is 0 Å². The van der Waals surface area contributed by atoms with E-state index >= 15 is 0 Å². The number of esters is 1. The molecule has 0 spiro atoms. The van der Waals surface area contributed by atoms with Crippen molar-refractivity contribution in [3.63, 3.8) is 0 Å². The smallest absolute Gasteiger partial charge is 0.336 e. The van der Waals surface area contributed by atoms with Gasteiger partial charge in [-0.15, -0.1) is 0 Å². The zero-order chi connectivity index (χ0) is 31.4. The minimum Gasteiger partial charge on any atom is -0.502 e. The third kappa shape index (κ3) is 8.45. The highest BCUT2D eigenvalue weighted by atomic mass is 31.2. The van der Waals surface area contributed by atoms with Crippen molar-refractivity contribution in [1.82, 2.24) is 9.97 Å². The summed E-state index contributed by atoms with van der Waals surface area (Å²) in [6.45, 7) is -0.168. The van der Waals surface area contributed by atoms with Gasteiger partial charge in [-0.05, 0) is 60.7 Å². The van der Waals surface area contributed by atoms with E-state index in [-0.39, 0.29) is 29.6 Å². The number of aromatic hydroxyl groups is 1. The summed E-state index contributed by atoms with van der Waals surface area (Å²) in [5, 5.41) is 10.3. The number of benzene rings is 3. The minimum absolute atomic E-state index is 0.0734. The highest BCUT2D eigenvalue weighted by molar-refractivity contribution is 7.52. The van der Waals surface area contributed by atoms with Crippen LogP contribution in [0.2, 0.25) is 0 Å². The molecule has 4 rings (SSSR count). The molecule has 0 fully saturated rings. The first kappa shape index (κ1) is 31.8. The molecular formula is C27H28N2O12P2. The van der Waals surface area contributed by atoms with Crippen molar-refractivity contribution in [2.75, 3.05) is 33.2 Å². The maximum Gasteiger partial charge on any atom is 0.336 e. The fraction of sp³-hybridized carbons (Fsp3) is 0.185. The number of hydrogen-bond donors (Lipinski definition) is 6. The fourth-order valence-corrected chi connectivity index (χ4v) is 4.70. The zero-order valence-electron chi connectivity index (χ0n) is 22.8. The van der Waals surface area contributed by atoms with Crippen molar-refractivity contribution in [1.29, 1.82) is 0 Å². The van der Waals surface area contributed by atoms with Crippen molar-refractivity contribution in [2.45, 2.75) is 0 Å². The summed E-state index contributed by atoms with van der Waals surface area (Å²) in [5.41, 5.74) is 2.83. The Morgan fingerprint density at radius 3 is 1.91 bits per heavy atom. The number of methoxy groups -OCH3 is 2. The van der Waals surface area contributed by atoms with E-state index < -0.39 is 33.5 Å². The summed E-state index contributed by atoms with van der Waals surface area (Å²) in [6.07, 6.45) is -1.48. The third-order valence-corrected chi connectivity index (χ3v) is 7.38. The van der Waals surface area contributed by atoms with Gasteiger partial charge in [-0.2, -0.15) is 0 Å². The fourth-order valence-electron chi connectivity index (χ4n) is 3.97. The van der Waals surface area contributed by atoms with Gasteiger partial charge in [0.1, 0.15) is 23.5 Å². The van der Waals surface area contributed by atoms with Crippen molar-refractivity contribution >= 4 is 21.2 Å². The van der Waals surface area contributed by atoms with Crippen LogP contribution in [0.25, 0.3) is 33.9 Å². The second-order valence-corrected chi connectivity index (χ2v) is 12.5. The van der Waals surface area contributed by atoms with Crippen LogP contribution in [0, 0.1) is 0 Å². The summed E-state index contributed by atoms with van der Waals surface area (Å²) in [5.74, 6) is -0.0848. The molecule has 228 valence electrons. The van der Waals surface area contributed by atoms with Crippen molar-refractivity contribution in [2.24, 2.45) is 0 Å². The molecule has 0 unspecified atom stereocenters. The summed E-state index contributed by atoms with van der Waals surface area (Å²) in [4.78, 5) is 56.0. The molecule has 3 aromatic carbocycles. The van der Waals surface area contributed by atoms with E-state index in [9.17, 15) is 19.0 Å². The molecule has 0 aliphatic rings. The Hall–Kier alpha value is -4.16. The standard InChI is InChI=1S/C27H28N2O12P2/c1-38-21-13-18(14-22(39-2)26(21)31)27-28-24(16-3-7-19(8-4-16)40-11-12-42(32,33)34)25(29-27)17-5-9-20(10-6-17)41-23(30)15-43(35,36)37/h3-10,13-14,31H,11-12,15H2,1-2H3,(H,28,29)(H2,32,33,34)(H2,35,36,37). The maximum atomic E-state index is 11.8. The second-order valence-electron chi connectivity index (χ2n) is 9.12. The molecule has 43 heavy (non-hydrogen) atoms. The predicted octanol–water partition coefficient (Wildman–Crippen LogP) is 3.77. The van der Waals surface area contributed by atoms with Crippen LogP contribution in [0.4, 0.5) is 0 Å². The highest BCUT2D eigenvalue weighted by Crippen LogP contribution is 2.42. The van der Waals surface area contributed by atoms with Gasteiger partial charge >= 0.3 is 21.2 Å². The van der Waals surface area contributed by atoms with E-state index in [1.54, 1.807) is 48.5 Å². The lowest BCUT2D eigenvalue weighted by atomic mass is 10.0. The van der Waals surface area contributed by atoms with Crippen LogP contribution in [0.5, 0.6) is 28.7 Å². The molecule has 6 N–H and O–H groups in total. The number of nitrogens with one attached hydrogen (secondary N) is 1. The van der Waals surface area contributed by atoms with E-state index in [2.05, 4.69) is 4.98 Å². The lowest BCUT2D eigenvalue weighted by Crippen LogP contribution is -2.13. The van der Waals surface area contributed by atoms with Gasteiger partial charge in [0.25, 0.3) is 0 Å². The number of H-pyrrole nitrogens is 1. The van der Waals surface area contributed by atoms with Crippen LogP contribution in [0.15, 0.2) is 60.7 Å². The number of hydrogen-bond acceptors (Lipinski definition) is 9. The summed E-state index contributed by atoms with van der Waals surface area (Å²) in [6, 6.07) is 16.0. The number of rotatable bonds is 12. The molecular weight excluding hydrogens is 606 g/mol. The predicted molar refractivity (Wildman–Crippen MR) is 155 cm³/mol. The molecule has 0 radical (unpaired) electrons. The first-order chi connectivity index (χ1) is 20.3. The average Bonchev–Trinajstić information content (AvgIpc) is 3.38. The van der Waals surface area contributed by atoms with Gasteiger partial charge in [0.2, 0.25) is 5.75 Å². The van der Waals surface area contributed by atoms with Gasteiger partial charge in [0.05, 0.1) is 38.4 Å². The average molecular weight is 634 g/mol. The number of aromatic amines is 1.